The van der Waals surface area contributed by atoms with E-state index in [2.05, 4.69) is 56.5 Å². The molecular weight excluding hydrogens is 194 g/mol. The van der Waals surface area contributed by atoms with Crippen LogP contribution in [0, 0.1) is 0 Å². The van der Waals surface area contributed by atoms with Gasteiger partial charge in [-0.05, 0) is 37.5 Å². The van der Waals surface area contributed by atoms with Crippen molar-refractivity contribution in [3.63, 3.8) is 0 Å². The van der Waals surface area contributed by atoms with Gasteiger partial charge in [-0.15, -0.1) is 0 Å². The van der Waals surface area contributed by atoms with Gasteiger partial charge in [0.2, 0.25) is 0 Å². The number of hydrogen-bond acceptors (Lipinski definition) is 1. The number of benzene rings is 1. The average Bonchev–Trinajstić information content (AvgIpc) is 2.29. The van der Waals surface area contributed by atoms with Crippen LogP contribution in [0.1, 0.15) is 39.2 Å². The van der Waals surface area contributed by atoms with Gasteiger partial charge in [0.1, 0.15) is 0 Å². The molecule has 0 saturated heterocycles. The fraction of sp³-hybridized carbons (Fsp3) is 0.467. The number of hydrogen-bond donors (Lipinski definition) is 0. The van der Waals surface area contributed by atoms with Crippen LogP contribution in [0.4, 0.5) is 5.69 Å². The van der Waals surface area contributed by atoms with E-state index in [0.717, 1.165) is 18.7 Å². The van der Waals surface area contributed by atoms with E-state index in [1.165, 1.54) is 24.1 Å². The first-order chi connectivity index (χ1) is 7.69. The minimum Gasteiger partial charge on any atom is -0.372 e. The molecule has 0 fully saturated rings. The van der Waals surface area contributed by atoms with Gasteiger partial charge in [-0.25, -0.2) is 0 Å². The average molecular weight is 217 g/mol. The molecule has 1 aromatic carbocycles. The third kappa shape index (κ3) is 3.41. The molecule has 0 aliphatic heterocycles. The maximum Gasteiger partial charge on any atom is 0.0372 e. The van der Waals surface area contributed by atoms with Crippen molar-refractivity contribution in [3.05, 3.63) is 36.4 Å². The third-order valence-electron chi connectivity index (χ3n) is 2.69. The van der Waals surface area contributed by atoms with E-state index < -0.39 is 0 Å². The molecule has 1 heteroatoms. The lowest BCUT2D eigenvalue weighted by molar-refractivity contribution is 0.745. The molecule has 0 aliphatic rings. The maximum absolute atomic E-state index is 4.00. The highest BCUT2D eigenvalue weighted by Gasteiger charge is 2.04. The Labute approximate surface area is 99.8 Å². The number of allylic oxidation sites excluding steroid dienone is 1. The summed E-state index contributed by atoms with van der Waals surface area (Å²) < 4.78 is 0. The fourth-order valence-corrected chi connectivity index (χ4v) is 1.88. The summed E-state index contributed by atoms with van der Waals surface area (Å²) in [6, 6.07) is 8.69. The van der Waals surface area contributed by atoms with Crippen LogP contribution in [-0.2, 0) is 0 Å². The second kappa shape index (κ2) is 6.37. The molecule has 88 valence electrons. The Balaban J connectivity index is 2.90. The highest BCUT2D eigenvalue weighted by molar-refractivity contribution is 5.65. The second-order valence-electron chi connectivity index (χ2n) is 4.32. The predicted octanol–water partition coefficient (Wildman–Crippen LogP) is 4.35. The molecule has 0 amide bonds. The van der Waals surface area contributed by atoms with E-state index >= 15 is 0 Å². The van der Waals surface area contributed by atoms with Crippen LogP contribution in [0.5, 0.6) is 0 Å². The lowest BCUT2D eigenvalue weighted by atomic mass is 10.1. The summed E-state index contributed by atoms with van der Waals surface area (Å²) in [5, 5.41) is 0. The Morgan fingerprint density at radius 3 is 2.31 bits per heavy atom. The van der Waals surface area contributed by atoms with E-state index in [4.69, 9.17) is 0 Å². The molecule has 0 heterocycles. The Bertz CT molecular complexity index is 335. The molecule has 0 spiro atoms. The lowest BCUT2D eigenvalue weighted by Crippen LogP contribution is -2.24. The third-order valence-corrected chi connectivity index (χ3v) is 2.69. The van der Waals surface area contributed by atoms with Crippen molar-refractivity contribution in [2.45, 2.75) is 33.6 Å². The van der Waals surface area contributed by atoms with Crippen molar-refractivity contribution in [3.8, 4) is 0 Å². The van der Waals surface area contributed by atoms with Gasteiger partial charge in [0, 0.05) is 18.8 Å². The summed E-state index contributed by atoms with van der Waals surface area (Å²) in [6.07, 6.45) is 2.38. The largest absolute Gasteiger partial charge is 0.372 e. The standard InChI is InChI=1S/C15H23N/c1-5-10-16(11-6-2)15-9-7-8-14(12-15)13(3)4/h7-9,12H,3,5-6,10-11H2,1-2,4H3. The van der Waals surface area contributed by atoms with E-state index in [9.17, 15) is 0 Å². The molecule has 0 bridgehead atoms. The van der Waals surface area contributed by atoms with E-state index in [-0.39, 0.29) is 0 Å². The molecule has 1 nitrogen and oxygen atoms in total. The maximum atomic E-state index is 4.00. The van der Waals surface area contributed by atoms with Crippen LogP contribution in [-0.4, -0.2) is 13.1 Å². The number of anilines is 1. The molecule has 0 N–H and O–H groups in total. The van der Waals surface area contributed by atoms with Crippen LogP contribution in [0.15, 0.2) is 30.8 Å². The number of rotatable bonds is 6. The molecule has 0 aromatic heterocycles. The van der Waals surface area contributed by atoms with Crippen molar-refractivity contribution < 1.29 is 0 Å². The van der Waals surface area contributed by atoms with Gasteiger partial charge in [0.25, 0.3) is 0 Å². The molecule has 1 rings (SSSR count). The minimum atomic E-state index is 1.13. The van der Waals surface area contributed by atoms with Crippen LogP contribution in [0.2, 0.25) is 0 Å². The zero-order valence-corrected chi connectivity index (χ0v) is 10.8. The quantitative estimate of drug-likeness (QED) is 0.685. The summed E-state index contributed by atoms with van der Waals surface area (Å²) in [4.78, 5) is 2.45. The highest BCUT2D eigenvalue weighted by Crippen LogP contribution is 2.20. The van der Waals surface area contributed by atoms with Crippen LogP contribution in [0.25, 0.3) is 5.57 Å². The SMILES string of the molecule is C=C(C)c1cccc(N(CCC)CCC)c1. The zero-order chi connectivity index (χ0) is 12.0. The summed E-state index contributed by atoms with van der Waals surface area (Å²) in [6.45, 7) is 12.8. The van der Waals surface area contributed by atoms with Crippen molar-refractivity contribution >= 4 is 11.3 Å². The first-order valence-electron chi connectivity index (χ1n) is 6.20. The molecule has 0 atom stereocenters. The molecule has 0 radical (unpaired) electrons. The summed E-state index contributed by atoms with van der Waals surface area (Å²) in [7, 11) is 0. The first-order valence-corrected chi connectivity index (χ1v) is 6.20. The fourth-order valence-electron chi connectivity index (χ4n) is 1.88. The van der Waals surface area contributed by atoms with Crippen molar-refractivity contribution in [1.29, 1.82) is 0 Å². The lowest BCUT2D eigenvalue weighted by Gasteiger charge is -2.24. The molecule has 0 aliphatic carbocycles. The van der Waals surface area contributed by atoms with Gasteiger partial charge >= 0.3 is 0 Å². The molecule has 1 aromatic rings. The summed E-state index contributed by atoms with van der Waals surface area (Å²) in [5.41, 5.74) is 3.70. The summed E-state index contributed by atoms with van der Waals surface area (Å²) >= 11 is 0. The van der Waals surface area contributed by atoms with Crippen LogP contribution >= 0.6 is 0 Å². The van der Waals surface area contributed by atoms with Gasteiger partial charge < -0.3 is 4.90 Å². The van der Waals surface area contributed by atoms with Crippen molar-refractivity contribution in [1.82, 2.24) is 0 Å². The van der Waals surface area contributed by atoms with E-state index in [1.807, 2.05) is 0 Å². The zero-order valence-electron chi connectivity index (χ0n) is 10.8. The molecule has 16 heavy (non-hydrogen) atoms. The van der Waals surface area contributed by atoms with Crippen LogP contribution < -0.4 is 4.90 Å². The normalized spacial score (nSPS) is 10.2. The van der Waals surface area contributed by atoms with Gasteiger partial charge in [-0.2, -0.15) is 0 Å². The topological polar surface area (TPSA) is 3.24 Å². The monoisotopic (exact) mass is 217 g/mol. The molecular formula is C15H23N. The van der Waals surface area contributed by atoms with E-state index in [1.54, 1.807) is 0 Å². The van der Waals surface area contributed by atoms with Gasteiger partial charge in [0.15, 0.2) is 0 Å². The Morgan fingerprint density at radius 2 is 1.81 bits per heavy atom. The van der Waals surface area contributed by atoms with E-state index in [0.29, 0.717) is 0 Å². The Hall–Kier alpha value is -1.24. The van der Waals surface area contributed by atoms with Gasteiger partial charge in [-0.1, -0.05) is 38.1 Å². The first kappa shape index (κ1) is 12.8. The second-order valence-corrected chi connectivity index (χ2v) is 4.32. The Morgan fingerprint density at radius 1 is 1.19 bits per heavy atom. The summed E-state index contributed by atoms with van der Waals surface area (Å²) in [5.74, 6) is 0. The predicted molar refractivity (Wildman–Crippen MR) is 73.9 cm³/mol. The van der Waals surface area contributed by atoms with Crippen molar-refractivity contribution in [2.75, 3.05) is 18.0 Å². The molecule has 0 unspecified atom stereocenters. The minimum absolute atomic E-state index is 1.13. The van der Waals surface area contributed by atoms with Gasteiger partial charge in [0.05, 0.1) is 0 Å². The van der Waals surface area contributed by atoms with Crippen molar-refractivity contribution in [2.24, 2.45) is 0 Å². The van der Waals surface area contributed by atoms with Crippen LogP contribution in [0.3, 0.4) is 0 Å². The smallest absolute Gasteiger partial charge is 0.0372 e. The molecule has 0 saturated carbocycles. The number of nitrogens with zero attached hydrogens (tertiary/aromatic N) is 1. The van der Waals surface area contributed by atoms with Gasteiger partial charge in [-0.3, -0.25) is 0 Å². The Kier molecular flexibility index (Phi) is 5.10. The highest BCUT2D eigenvalue weighted by atomic mass is 15.1.